The van der Waals surface area contributed by atoms with Gasteiger partial charge >= 0.3 is 0 Å². The summed E-state index contributed by atoms with van der Waals surface area (Å²) in [5, 5.41) is 4.49. The maximum atomic E-state index is 12.2. The summed E-state index contributed by atoms with van der Waals surface area (Å²) in [4.78, 5) is 14.0. The number of ether oxygens (including phenoxy) is 1. The van der Waals surface area contributed by atoms with Crippen molar-refractivity contribution in [2.45, 2.75) is 25.9 Å². The van der Waals surface area contributed by atoms with Gasteiger partial charge in [0.15, 0.2) is 0 Å². The van der Waals surface area contributed by atoms with Gasteiger partial charge in [0.05, 0.1) is 18.9 Å². The average Bonchev–Trinajstić information content (AvgIpc) is 2.82. The Morgan fingerprint density at radius 3 is 2.89 bits per heavy atom. The third-order valence-corrected chi connectivity index (χ3v) is 3.46. The number of halogens is 1. The largest absolute Gasteiger partial charge is 0.377 e. The highest BCUT2D eigenvalue weighted by Gasteiger charge is 2.25. The van der Waals surface area contributed by atoms with E-state index in [1.165, 1.54) is 6.20 Å². The highest BCUT2D eigenvalue weighted by molar-refractivity contribution is 9.09. The van der Waals surface area contributed by atoms with E-state index < -0.39 is 0 Å². The second kappa shape index (κ2) is 6.33. The van der Waals surface area contributed by atoms with Gasteiger partial charge in [-0.3, -0.25) is 4.79 Å². The Morgan fingerprint density at radius 1 is 1.61 bits per heavy atom. The highest BCUT2D eigenvalue weighted by Crippen LogP contribution is 2.17. The topological polar surface area (TPSA) is 55.6 Å². The molecule has 5 nitrogen and oxygen atoms in total. The van der Waals surface area contributed by atoms with Crippen molar-refractivity contribution >= 4 is 21.8 Å². The number of hydrogen-bond acceptors (Lipinski definition) is 4. The molecule has 2 rings (SSSR count). The van der Waals surface area contributed by atoms with E-state index in [9.17, 15) is 4.79 Å². The molecule has 1 aromatic heterocycles. The Kier molecular flexibility index (Phi) is 4.77. The molecule has 0 bridgehead atoms. The minimum Gasteiger partial charge on any atom is -0.377 e. The number of rotatable bonds is 4. The predicted octanol–water partition coefficient (Wildman–Crippen LogP) is 2.00. The van der Waals surface area contributed by atoms with Gasteiger partial charge in [-0.2, -0.15) is 0 Å². The summed E-state index contributed by atoms with van der Waals surface area (Å²) >= 11 is 3.34. The minimum absolute atomic E-state index is 0.00712. The number of aryl methyl sites for hydroxylation is 1. The lowest BCUT2D eigenvalue weighted by Gasteiger charge is -2.31. The predicted molar refractivity (Wildman–Crippen MR) is 69.9 cm³/mol. The molecule has 18 heavy (non-hydrogen) atoms. The number of carbonyl (C=O) groups is 1. The van der Waals surface area contributed by atoms with Gasteiger partial charge in [-0.15, -0.1) is 0 Å². The first-order chi connectivity index (χ1) is 8.72. The monoisotopic (exact) mass is 316 g/mol. The van der Waals surface area contributed by atoms with Gasteiger partial charge in [0, 0.05) is 18.4 Å². The lowest BCUT2D eigenvalue weighted by molar-refractivity contribution is 0.0159. The smallest absolute Gasteiger partial charge is 0.259 e. The molecule has 1 fully saturated rings. The van der Waals surface area contributed by atoms with Gasteiger partial charge in [-0.25, -0.2) is 0 Å². The van der Waals surface area contributed by atoms with Gasteiger partial charge in [0.1, 0.15) is 11.3 Å². The number of alkyl halides is 1. The van der Waals surface area contributed by atoms with E-state index in [4.69, 9.17) is 9.26 Å². The van der Waals surface area contributed by atoms with E-state index in [0.717, 1.165) is 37.9 Å². The van der Waals surface area contributed by atoms with Crippen LogP contribution in [0, 0.1) is 6.92 Å². The van der Waals surface area contributed by atoms with Crippen molar-refractivity contribution in [3.05, 3.63) is 17.5 Å². The zero-order valence-corrected chi connectivity index (χ0v) is 12.0. The van der Waals surface area contributed by atoms with Gasteiger partial charge in [-0.05, 0) is 19.8 Å². The fraction of sp³-hybridized carbons (Fsp3) is 0.667. The lowest BCUT2D eigenvalue weighted by atomic mass is 10.1. The van der Waals surface area contributed by atoms with E-state index in [-0.39, 0.29) is 12.0 Å². The number of hydrogen-bond donors (Lipinski definition) is 0. The Hall–Kier alpha value is -0.880. The fourth-order valence-electron chi connectivity index (χ4n) is 2.11. The van der Waals surface area contributed by atoms with Crippen molar-refractivity contribution in [3.63, 3.8) is 0 Å². The zero-order valence-electron chi connectivity index (χ0n) is 10.4. The summed E-state index contributed by atoms with van der Waals surface area (Å²) in [5.74, 6) is 0.588. The van der Waals surface area contributed by atoms with Crippen molar-refractivity contribution in [3.8, 4) is 0 Å². The molecule has 0 N–H and O–H groups in total. The average molecular weight is 317 g/mol. The number of aromatic nitrogens is 1. The van der Waals surface area contributed by atoms with Crippen LogP contribution in [-0.4, -0.2) is 47.1 Å². The van der Waals surface area contributed by atoms with E-state index >= 15 is 0 Å². The summed E-state index contributed by atoms with van der Waals surface area (Å²) < 4.78 is 10.6. The summed E-state index contributed by atoms with van der Waals surface area (Å²) in [7, 11) is 0. The molecule has 0 aromatic carbocycles. The molecular formula is C12H17BrN2O3. The summed E-state index contributed by atoms with van der Waals surface area (Å²) in [6.07, 6.45) is 3.55. The molecule has 0 atom stereocenters. The first-order valence-electron chi connectivity index (χ1n) is 6.10. The minimum atomic E-state index is 0.00712. The van der Waals surface area contributed by atoms with Crippen LogP contribution in [0.5, 0.6) is 0 Å². The standard InChI is InChI=1S/C12H17BrN2O3/c1-9-11(8-14-18-9)12(16)15-5-2-10(3-6-15)17-7-4-13/h8,10H,2-7H2,1H3. The normalized spacial score (nSPS) is 17.1. The molecule has 0 saturated carbocycles. The molecule has 1 aliphatic heterocycles. The van der Waals surface area contributed by atoms with Crippen molar-refractivity contribution in [2.24, 2.45) is 0 Å². The first kappa shape index (κ1) is 13.5. The van der Waals surface area contributed by atoms with Crippen molar-refractivity contribution in [1.29, 1.82) is 0 Å². The van der Waals surface area contributed by atoms with E-state index in [2.05, 4.69) is 21.1 Å². The third kappa shape index (κ3) is 3.11. The van der Waals surface area contributed by atoms with Crippen molar-refractivity contribution in [2.75, 3.05) is 25.0 Å². The number of likely N-dealkylation sites (tertiary alicyclic amines) is 1. The number of nitrogens with zero attached hydrogens (tertiary/aromatic N) is 2. The fourth-order valence-corrected chi connectivity index (χ4v) is 2.30. The number of amides is 1. The molecular weight excluding hydrogens is 300 g/mol. The van der Waals surface area contributed by atoms with Crippen molar-refractivity contribution < 1.29 is 14.1 Å². The molecule has 1 aliphatic rings. The molecule has 1 saturated heterocycles. The zero-order chi connectivity index (χ0) is 13.0. The van der Waals surface area contributed by atoms with E-state index in [1.807, 2.05) is 4.90 Å². The molecule has 100 valence electrons. The molecule has 1 amide bonds. The number of piperidine rings is 1. The molecule has 1 aromatic rings. The van der Waals surface area contributed by atoms with Gasteiger partial charge in [-0.1, -0.05) is 21.1 Å². The van der Waals surface area contributed by atoms with Crippen LogP contribution in [0.2, 0.25) is 0 Å². The molecule has 0 aliphatic carbocycles. The van der Waals surface area contributed by atoms with Crippen LogP contribution in [0.3, 0.4) is 0 Å². The Bertz CT molecular complexity index is 400. The van der Waals surface area contributed by atoms with Crippen LogP contribution in [-0.2, 0) is 4.74 Å². The first-order valence-corrected chi connectivity index (χ1v) is 7.22. The molecule has 0 spiro atoms. The maximum absolute atomic E-state index is 12.2. The highest BCUT2D eigenvalue weighted by atomic mass is 79.9. The maximum Gasteiger partial charge on any atom is 0.259 e. The quantitative estimate of drug-likeness (QED) is 0.797. The molecule has 0 radical (unpaired) electrons. The van der Waals surface area contributed by atoms with Crippen LogP contribution >= 0.6 is 15.9 Å². The van der Waals surface area contributed by atoms with Crippen LogP contribution in [0.15, 0.2) is 10.7 Å². The van der Waals surface area contributed by atoms with Crippen LogP contribution in [0.25, 0.3) is 0 Å². The van der Waals surface area contributed by atoms with Gasteiger partial charge < -0.3 is 14.2 Å². The Balaban J connectivity index is 1.86. The second-order valence-electron chi connectivity index (χ2n) is 4.35. The van der Waals surface area contributed by atoms with E-state index in [1.54, 1.807) is 6.92 Å². The SMILES string of the molecule is Cc1oncc1C(=O)N1CCC(OCCBr)CC1. The van der Waals surface area contributed by atoms with Gasteiger partial charge in [0.25, 0.3) is 5.91 Å². The molecule has 0 unspecified atom stereocenters. The Morgan fingerprint density at radius 2 is 2.33 bits per heavy atom. The van der Waals surface area contributed by atoms with Gasteiger partial charge in [0.2, 0.25) is 0 Å². The molecule has 2 heterocycles. The van der Waals surface area contributed by atoms with Crippen LogP contribution in [0.4, 0.5) is 0 Å². The Labute approximate surface area is 115 Å². The lowest BCUT2D eigenvalue weighted by Crippen LogP contribution is -2.41. The number of carbonyl (C=O) groups excluding carboxylic acids is 1. The third-order valence-electron chi connectivity index (χ3n) is 3.14. The van der Waals surface area contributed by atoms with E-state index in [0.29, 0.717) is 11.3 Å². The van der Waals surface area contributed by atoms with Crippen LogP contribution in [0.1, 0.15) is 29.0 Å². The summed E-state index contributed by atoms with van der Waals surface area (Å²) in [6, 6.07) is 0. The summed E-state index contributed by atoms with van der Waals surface area (Å²) in [5.41, 5.74) is 0.565. The second-order valence-corrected chi connectivity index (χ2v) is 5.14. The van der Waals surface area contributed by atoms with Crippen molar-refractivity contribution in [1.82, 2.24) is 10.1 Å². The molecule has 6 heteroatoms. The summed E-state index contributed by atoms with van der Waals surface area (Å²) in [6.45, 7) is 3.95. The van der Waals surface area contributed by atoms with Crippen LogP contribution < -0.4 is 0 Å².